The Hall–Kier alpha value is -0.820. The first-order chi connectivity index (χ1) is 8.33. The highest BCUT2D eigenvalue weighted by atomic mass is 15.0. The van der Waals surface area contributed by atoms with Crippen molar-refractivity contribution in [1.82, 2.24) is 5.32 Å². The summed E-state index contributed by atoms with van der Waals surface area (Å²) in [5.74, 6) is 2.54. The topological polar surface area (TPSA) is 12.0 Å². The Bertz CT molecular complexity index is 398. The van der Waals surface area contributed by atoms with Crippen molar-refractivity contribution in [3.05, 3.63) is 35.4 Å². The number of fused-ring (bicyclic) bond motifs is 3. The van der Waals surface area contributed by atoms with Crippen molar-refractivity contribution in [3.63, 3.8) is 0 Å². The fourth-order valence-corrected chi connectivity index (χ4v) is 4.01. The predicted molar refractivity (Wildman–Crippen MR) is 72.2 cm³/mol. The number of hydrogen-bond donors (Lipinski definition) is 1. The van der Waals surface area contributed by atoms with Gasteiger partial charge in [-0.2, -0.15) is 0 Å². The van der Waals surface area contributed by atoms with E-state index in [-0.39, 0.29) is 0 Å². The standard InChI is InChI=1S/C16H23N/c1-3-10-17-16-11(2)15-13-7-5-4-6-12(13)8-9-14(15)16/h4-7,11,14-17H,3,8-10H2,1-2H3. The van der Waals surface area contributed by atoms with Crippen LogP contribution in [0.3, 0.4) is 0 Å². The minimum Gasteiger partial charge on any atom is -0.313 e. The lowest BCUT2D eigenvalue weighted by Crippen LogP contribution is -2.57. The molecule has 0 heterocycles. The Labute approximate surface area is 105 Å². The van der Waals surface area contributed by atoms with Gasteiger partial charge in [-0.05, 0) is 54.7 Å². The van der Waals surface area contributed by atoms with Crippen LogP contribution in [0.1, 0.15) is 43.7 Å². The summed E-state index contributed by atoms with van der Waals surface area (Å²) in [5, 5.41) is 3.75. The van der Waals surface area contributed by atoms with Crippen LogP contribution in [0.15, 0.2) is 24.3 Å². The largest absolute Gasteiger partial charge is 0.313 e. The van der Waals surface area contributed by atoms with Crippen LogP contribution < -0.4 is 5.32 Å². The summed E-state index contributed by atoms with van der Waals surface area (Å²) >= 11 is 0. The Morgan fingerprint density at radius 2 is 2.12 bits per heavy atom. The van der Waals surface area contributed by atoms with Crippen molar-refractivity contribution in [2.45, 2.75) is 45.1 Å². The van der Waals surface area contributed by atoms with Crippen LogP contribution in [-0.4, -0.2) is 12.6 Å². The maximum Gasteiger partial charge on any atom is 0.0133 e. The number of nitrogens with one attached hydrogen (secondary N) is 1. The molecule has 0 amide bonds. The lowest BCUT2D eigenvalue weighted by Gasteiger charge is -2.54. The van der Waals surface area contributed by atoms with Gasteiger partial charge in [0.1, 0.15) is 0 Å². The van der Waals surface area contributed by atoms with Crippen LogP contribution in [0.5, 0.6) is 0 Å². The molecule has 1 aromatic carbocycles. The number of benzene rings is 1. The zero-order valence-corrected chi connectivity index (χ0v) is 10.9. The number of rotatable bonds is 3. The highest BCUT2D eigenvalue weighted by Crippen LogP contribution is 2.53. The molecule has 0 bridgehead atoms. The first-order valence-corrected chi connectivity index (χ1v) is 7.14. The van der Waals surface area contributed by atoms with Crippen LogP contribution in [0.25, 0.3) is 0 Å². The summed E-state index contributed by atoms with van der Waals surface area (Å²) in [6.07, 6.45) is 3.92. The summed E-state index contributed by atoms with van der Waals surface area (Å²) in [7, 11) is 0. The van der Waals surface area contributed by atoms with Gasteiger partial charge in [0.15, 0.2) is 0 Å². The van der Waals surface area contributed by atoms with Crippen LogP contribution in [0, 0.1) is 11.8 Å². The highest BCUT2D eigenvalue weighted by molar-refractivity contribution is 5.37. The van der Waals surface area contributed by atoms with E-state index in [1.165, 1.54) is 25.8 Å². The first-order valence-electron chi connectivity index (χ1n) is 7.14. The number of aryl methyl sites for hydroxylation is 1. The van der Waals surface area contributed by atoms with E-state index in [9.17, 15) is 0 Å². The third-order valence-corrected chi connectivity index (χ3v) is 4.85. The Kier molecular flexibility index (Phi) is 2.96. The first kappa shape index (κ1) is 11.3. The Balaban J connectivity index is 1.79. The van der Waals surface area contributed by atoms with Gasteiger partial charge in [0, 0.05) is 6.04 Å². The summed E-state index contributed by atoms with van der Waals surface area (Å²) in [6.45, 7) is 5.86. The van der Waals surface area contributed by atoms with Gasteiger partial charge in [0.25, 0.3) is 0 Å². The molecule has 2 aliphatic rings. The Morgan fingerprint density at radius 3 is 2.94 bits per heavy atom. The normalized spacial score (nSPS) is 34.7. The van der Waals surface area contributed by atoms with Gasteiger partial charge in [-0.3, -0.25) is 0 Å². The smallest absolute Gasteiger partial charge is 0.0133 e. The van der Waals surface area contributed by atoms with Gasteiger partial charge in [-0.15, -0.1) is 0 Å². The van der Waals surface area contributed by atoms with Crippen molar-refractivity contribution in [2.24, 2.45) is 11.8 Å². The van der Waals surface area contributed by atoms with Gasteiger partial charge in [0.2, 0.25) is 0 Å². The van der Waals surface area contributed by atoms with Gasteiger partial charge >= 0.3 is 0 Å². The van der Waals surface area contributed by atoms with Crippen molar-refractivity contribution < 1.29 is 0 Å². The fraction of sp³-hybridized carbons (Fsp3) is 0.625. The second kappa shape index (κ2) is 4.45. The molecule has 3 rings (SSSR count). The van der Waals surface area contributed by atoms with E-state index in [1.807, 2.05) is 0 Å². The van der Waals surface area contributed by atoms with Crippen LogP contribution >= 0.6 is 0 Å². The second-order valence-electron chi connectivity index (χ2n) is 5.77. The van der Waals surface area contributed by atoms with Crippen LogP contribution in [0.4, 0.5) is 0 Å². The van der Waals surface area contributed by atoms with E-state index < -0.39 is 0 Å². The summed E-state index contributed by atoms with van der Waals surface area (Å²) in [5.41, 5.74) is 3.25. The van der Waals surface area contributed by atoms with Gasteiger partial charge in [0.05, 0.1) is 0 Å². The zero-order chi connectivity index (χ0) is 11.8. The molecule has 4 unspecified atom stereocenters. The lowest BCUT2D eigenvalue weighted by molar-refractivity contribution is 0.0664. The molecule has 1 saturated carbocycles. The maximum absolute atomic E-state index is 3.75. The molecule has 1 N–H and O–H groups in total. The van der Waals surface area contributed by atoms with Crippen LogP contribution in [-0.2, 0) is 6.42 Å². The molecule has 0 saturated heterocycles. The average molecular weight is 229 g/mol. The molecule has 1 nitrogen and oxygen atoms in total. The molecule has 0 radical (unpaired) electrons. The molecule has 1 fully saturated rings. The molecule has 1 heteroatoms. The van der Waals surface area contributed by atoms with Crippen molar-refractivity contribution in [3.8, 4) is 0 Å². The van der Waals surface area contributed by atoms with E-state index >= 15 is 0 Å². The third kappa shape index (κ3) is 1.72. The SMILES string of the molecule is CCCNC1C(C)C2c3ccccc3CCC12. The quantitative estimate of drug-likeness (QED) is 0.838. The van der Waals surface area contributed by atoms with E-state index in [1.54, 1.807) is 11.1 Å². The molecule has 17 heavy (non-hydrogen) atoms. The minimum atomic E-state index is 0.772. The lowest BCUT2D eigenvalue weighted by atomic mass is 9.54. The average Bonchev–Trinajstić information content (AvgIpc) is 2.37. The van der Waals surface area contributed by atoms with Gasteiger partial charge in [-0.25, -0.2) is 0 Å². The molecule has 0 aromatic heterocycles. The zero-order valence-electron chi connectivity index (χ0n) is 10.9. The van der Waals surface area contributed by atoms with E-state index in [2.05, 4.69) is 43.4 Å². The van der Waals surface area contributed by atoms with Gasteiger partial charge in [-0.1, -0.05) is 38.1 Å². The second-order valence-corrected chi connectivity index (χ2v) is 5.77. The summed E-state index contributed by atoms with van der Waals surface area (Å²) in [4.78, 5) is 0. The van der Waals surface area contributed by atoms with Crippen LogP contribution in [0.2, 0.25) is 0 Å². The monoisotopic (exact) mass is 229 g/mol. The van der Waals surface area contributed by atoms with E-state index in [0.29, 0.717) is 0 Å². The highest BCUT2D eigenvalue weighted by Gasteiger charge is 2.49. The van der Waals surface area contributed by atoms with E-state index in [4.69, 9.17) is 0 Å². The summed E-state index contributed by atoms with van der Waals surface area (Å²) < 4.78 is 0. The van der Waals surface area contributed by atoms with Crippen molar-refractivity contribution >= 4 is 0 Å². The molecular formula is C16H23N. The number of hydrogen-bond acceptors (Lipinski definition) is 1. The molecule has 1 aromatic rings. The molecule has 0 spiro atoms. The third-order valence-electron chi connectivity index (χ3n) is 4.85. The summed E-state index contributed by atoms with van der Waals surface area (Å²) in [6, 6.07) is 9.85. The molecule has 2 aliphatic carbocycles. The molecule has 92 valence electrons. The Morgan fingerprint density at radius 1 is 1.29 bits per heavy atom. The molecular weight excluding hydrogens is 206 g/mol. The fourth-order valence-electron chi connectivity index (χ4n) is 4.01. The van der Waals surface area contributed by atoms with Gasteiger partial charge < -0.3 is 5.32 Å². The van der Waals surface area contributed by atoms with Crippen molar-refractivity contribution in [1.29, 1.82) is 0 Å². The molecule has 0 aliphatic heterocycles. The van der Waals surface area contributed by atoms with E-state index in [0.717, 1.165) is 23.8 Å². The predicted octanol–water partition coefficient (Wildman–Crippen LogP) is 3.35. The van der Waals surface area contributed by atoms with Crippen molar-refractivity contribution in [2.75, 3.05) is 6.54 Å². The molecule has 4 atom stereocenters. The maximum atomic E-state index is 3.75. The minimum absolute atomic E-state index is 0.772.